The van der Waals surface area contributed by atoms with Crippen LogP contribution in [0.25, 0.3) is 5.76 Å². The van der Waals surface area contributed by atoms with Crippen LogP contribution in [0, 0.1) is 6.92 Å². The minimum atomic E-state index is -0.612. The molecule has 2 aromatic rings. The van der Waals surface area contributed by atoms with Crippen molar-refractivity contribution in [2.75, 3.05) is 27.2 Å². The Kier molecular flexibility index (Phi) is 5.77. The van der Waals surface area contributed by atoms with Crippen molar-refractivity contribution in [3.63, 3.8) is 0 Å². The average molecular weight is 385 g/mol. The molecule has 27 heavy (non-hydrogen) atoms. The maximum Gasteiger partial charge on any atom is 0.295 e. The molecule has 0 bridgehead atoms. The summed E-state index contributed by atoms with van der Waals surface area (Å²) in [4.78, 5) is 30.2. The number of amides is 1. The molecule has 3 rings (SSSR count). The van der Waals surface area contributed by atoms with Gasteiger partial charge in [-0.2, -0.15) is 0 Å². The van der Waals surface area contributed by atoms with Gasteiger partial charge in [-0.15, -0.1) is 11.3 Å². The Balaban J connectivity index is 2.07. The Hall–Kier alpha value is -2.44. The van der Waals surface area contributed by atoms with Gasteiger partial charge in [-0.05, 0) is 51.0 Å². The summed E-state index contributed by atoms with van der Waals surface area (Å²) in [6.45, 7) is 3.25. The molecule has 1 aliphatic rings. The summed E-state index contributed by atoms with van der Waals surface area (Å²) in [5, 5.41) is 12.8. The van der Waals surface area contributed by atoms with Crippen LogP contribution in [0.3, 0.4) is 0 Å². The normalized spacial score (nSPS) is 19.3. The highest BCUT2D eigenvalue weighted by Gasteiger charge is 2.46. The summed E-state index contributed by atoms with van der Waals surface area (Å²) in [6.07, 6.45) is 0.756. The third-order valence-electron chi connectivity index (χ3n) is 4.74. The van der Waals surface area contributed by atoms with Gasteiger partial charge in [0.2, 0.25) is 0 Å². The number of rotatable bonds is 6. The number of hydrogen-bond acceptors (Lipinski definition) is 5. The fourth-order valence-electron chi connectivity index (χ4n) is 3.36. The third-order valence-corrected chi connectivity index (χ3v) is 5.81. The number of aliphatic hydroxyl groups excluding tert-OH is 1. The fraction of sp³-hybridized carbons (Fsp3) is 0.333. The molecule has 0 aliphatic carbocycles. The highest BCUT2D eigenvalue weighted by Crippen LogP contribution is 2.42. The van der Waals surface area contributed by atoms with Crippen molar-refractivity contribution in [1.29, 1.82) is 0 Å². The monoisotopic (exact) mass is 384 g/mol. The van der Waals surface area contributed by atoms with Gasteiger partial charge in [-0.1, -0.05) is 30.3 Å². The second-order valence-corrected chi connectivity index (χ2v) is 7.93. The van der Waals surface area contributed by atoms with Crippen LogP contribution >= 0.6 is 11.3 Å². The number of benzene rings is 1. The van der Waals surface area contributed by atoms with Gasteiger partial charge in [0.25, 0.3) is 11.7 Å². The van der Waals surface area contributed by atoms with Crippen molar-refractivity contribution >= 4 is 28.8 Å². The smallest absolute Gasteiger partial charge is 0.295 e. The summed E-state index contributed by atoms with van der Waals surface area (Å²) in [7, 11) is 3.95. The average Bonchev–Trinajstić information content (AvgIpc) is 3.17. The van der Waals surface area contributed by atoms with E-state index in [4.69, 9.17) is 0 Å². The zero-order chi connectivity index (χ0) is 19.6. The predicted molar refractivity (Wildman–Crippen MR) is 108 cm³/mol. The van der Waals surface area contributed by atoms with E-state index in [1.54, 1.807) is 29.2 Å². The molecule has 1 unspecified atom stereocenters. The Labute approximate surface area is 163 Å². The van der Waals surface area contributed by atoms with Crippen molar-refractivity contribution in [3.8, 4) is 0 Å². The van der Waals surface area contributed by atoms with Crippen LogP contribution in [-0.4, -0.2) is 53.8 Å². The Morgan fingerprint density at radius 1 is 1.19 bits per heavy atom. The quantitative estimate of drug-likeness (QED) is 0.471. The minimum absolute atomic E-state index is 0.109. The van der Waals surface area contributed by atoms with Crippen LogP contribution < -0.4 is 0 Å². The van der Waals surface area contributed by atoms with E-state index in [1.807, 2.05) is 43.4 Å². The van der Waals surface area contributed by atoms with Crippen LogP contribution in [0.1, 0.15) is 28.5 Å². The van der Waals surface area contributed by atoms with Crippen molar-refractivity contribution in [1.82, 2.24) is 9.80 Å². The molecule has 5 nitrogen and oxygen atoms in total. The molecule has 1 aromatic heterocycles. The first-order valence-corrected chi connectivity index (χ1v) is 9.82. The molecule has 1 fully saturated rings. The number of likely N-dealkylation sites (tertiary alicyclic amines) is 1. The van der Waals surface area contributed by atoms with Gasteiger partial charge in [0.1, 0.15) is 5.76 Å². The van der Waals surface area contributed by atoms with Crippen LogP contribution in [0.4, 0.5) is 0 Å². The van der Waals surface area contributed by atoms with E-state index in [0.29, 0.717) is 12.1 Å². The van der Waals surface area contributed by atoms with Gasteiger partial charge in [-0.25, -0.2) is 0 Å². The van der Waals surface area contributed by atoms with Crippen molar-refractivity contribution in [2.45, 2.75) is 19.4 Å². The van der Waals surface area contributed by atoms with Gasteiger partial charge < -0.3 is 14.9 Å². The lowest BCUT2D eigenvalue weighted by atomic mass is 9.98. The number of aliphatic hydroxyl groups is 1. The third kappa shape index (κ3) is 3.82. The van der Waals surface area contributed by atoms with Gasteiger partial charge in [0, 0.05) is 17.0 Å². The zero-order valence-electron chi connectivity index (χ0n) is 15.8. The van der Waals surface area contributed by atoms with E-state index in [9.17, 15) is 14.7 Å². The van der Waals surface area contributed by atoms with Crippen LogP contribution in [0.2, 0.25) is 0 Å². The van der Waals surface area contributed by atoms with Gasteiger partial charge in [-0.3, -0.25) is 9.59 Å². The van der Waals surface area contributed by atoms with Crippen molar-refractivity contribution in [2.24, 2.45) is 0 Å². The molecule has 6 heteroatoms. The van der Waals surface area contributed by atoms with Gasteiger partial charge >= 0.3 is 0 Å². The molecule has 142 valence electrons. The summed E-state index contributed by atoms with van der Waals surface area (Å²) < 4.78 is 0. The molecule has 1 aromatic carbocycles. The summed E-state index contributed by atoms with van der Waals surface area (Å²) in [5.74, 6) is -1.26. The number of carbonyl (C=O) groups is 2. The molecular formula is C21H24N2O3S. The van der Waals surface area contributed by atoms with E-state index in [-0.39, 0.29) is 11.3 Å². The number of aryl methyl sites for hydroxylation is 1. The molecule has 1 atom stereocenters. The standard InChI is InChI=1S/C21H24N2O3S/c1-14-10-13-27-20(14)17-16(18(24)15-8-5-4-6-9-15)19(25)21(26)23(17)12-7-11-22(2)3/h4-6,8-10,13,17,24H,7,11-12H2,1-3H3/b18-16-. The molecule has 0 spiro atoms. The number of ketones is 1. The molecule has 0 radical (unpaired) electrons. The maximum absolute atomic E-state index is 12.8. The van der Waals surface area contributed by atoms with Crippen LogP contribution in [0.15, 0.2) is 47.4 Å². The van der Waals surface area contributed by atoms with E-state index >= 15 is 0 Å². The molecule has 1 N–H and O–H groups in total. The summed E-state index contributed by atoms with van der Waals surface area (Å²) in [5.41, 5.74) is 1.74. The first-order valence-electron chi connectivity index (χ1n) is 8.94. The lowest BCUT2D eigenvalue weighted by molar-refractivity contribution is -0.139. The van der Waals surface area contributed by atoms with E-state index in [1.165, 1.54) is 11.3 Å². The molecule has 2 heterocycles. The fourth-order valence-corrected chi connectivity index (χ4v) is 4.40. The Bertz CT molecular complexity index is 871. The topological polar surface area (TPSA) is 60.9 Å². The van der Waals surface area contributed by atoms with Crippen molar-refractivity contribution < 1.29 is 14.7 Å². The number of thiophene rings is 1. The Morgan fingerprint density at radius 2 is 1.89 bits per heavy atom. The number of Topliss-reactive ketones (excluding diaryl/α,β-unsaturated/α-hetero) is 1. The molecule has 1 saturated heterocycles. The first-order chi connectivity index (χ1) is 12.9. The molecule has 0 saturated carbocycles. The molecule has 1 aliphatic heterocycles. The Morgan fingerprint density at radius 3 is 2.48 bits per heavy atom. The highest BCUT2D eigenvalue weighted by molar-refractivity contribution is 7.10. The molecule has 1 amide bonds. The summed E-state index contributed by atoms with van der Waals surface area (Å²) >= 11 is 1.51. The van der Waals surface area contributed by atoms with E-state index in [0.717, 1.165) is 23.4 Å². The number of nitrogens with zero attached hydrogens (tertiary/aromatic N) is 2. The first kappa shape index (κ1) is 19.3. The lowest BCUT2D eigenvalue weighted by Crippen LogP contribution is -2.32. The van der Waals surface area contributed by atoms with Crippen LogP contribution in [-0.2, 0) is 9.59 Å². The maximum atomic E-state index is 12.8. The second kappa shape index (κ2) is 8.06. The predicted octanol–water partition coefficient (Wildman–Crippen LogP) is 3.43. The number of hydrogen-bond donors (Lipinski definition) is 1. The van der Waals surface area contributed by atoms with Crippen molar-refractivity contribution in [3.05, 3.63) is 63.4 Å². The van der Waals surface area contributed by atoms with Gasteiger partial charge in [0.05, 0.1) is 11.6 Å². The molecular weight excluding hydrogens is 360 g/mol. The summed E-state index contributed by atoms with van der Waals surface area (Å²) in [6, 6.07) is 10.4. The SMILES string of the molecule is Cc1ccsc1C1/C(=C(/O)c2ccccc2)C(=O)C(=O)N1CCCN(C)C. The second-order valence-electron chi connectivity index (χ2n) is 6.98. The minimum Gasteiger partial charge on any atom is -0.507 e. The largest absolute Gasteiger partial charge is 0.507 e. The van der Waals surface area contributed by atoms with E-state index in [2.05, 4.69) is 0 Å². The number of carbonyl (C=O) groups excluding carboxylic acids is 2. The lowest BCUT2D eigenvalue weighted by Gasteiger charge is -2.25. The zero-order valence-corrected chi connectivity index (χ0v) is 16.6. The highest BCUT2D eigenvalue weighted by atomic mass is 32.1. The van der Waals surface area contributed by atoms with E-state index < -0.39 is 17.7 Å². The van der Waals surface area contributed by atoms with Crippen LogP contribution in [0.5, 0.6) is 0 Å². The van der Waals surface area contributed by atoms with Gasteiger partial charge in [0.15, 0.2) is 0 Å².